The number of amides is 1. The second-order valence-corrected chi connectivity index (χ2v) is 4.90. The summed E-state index contributed by atoms with van der Waals surface area (Å²) < 4.78 is 0. The van der Waals surface area contributed by atoms with Crippen LogP contribution in [0.5, 0.6) is 0 Å². The fraction of sp³-hybridized carbons (Fsp3) is 0.417. The predicted octanol–water partition coefficient (Wildman–Crippen LogP) is 1.82. The monoisotopic (exact) mass is 249 g/mol. The lowest BCUT2D eigenvalue weighted by atomic mass is 10.2. The molecule has 0 radical (unpaired) electrons. The molecule has 0 aliphatic rings. The van der Waals surface area contributed by atoms with Crippen LogP contribution in [0.3, 0.4) is 0 Å². The largest absolute Gasteiger partial charge is 0.347 e. The first-order valence-electron chi connectivity index (χ1n) is 5.42. The van der Waals surface area contributed by atoms with E-state index in [2.05, 4.69) is 17.2 Å². The van der Waals surface area contributed by atoms with Crippen molar-refractivity contribution in [2.24, 2.45) is 0 Å². The van der Waals surface area contributed by atoms with Gasteiger partial charge in [-0.1, -0.05) is 6.92 Å². The summed E-state index contributed by atoms with van der Waals surface area (Å²) in [5.74, 6) is 1.73. The van der Waals surface area contributed by atoms with Gasteiger partial charge in [0, 0.05) is 18.0 Å². The van der Waals surface area contributed by atoms with E-state index >= 15 is 0 Å². The van der Waals surface area contributed by atoms with Crippen LogP contribution >= 0.6 is 11.8 Å². The number of carbonyl (C=O) groups is 1. The summed E-state index contributed by atoms with van der Waals surface area (Å²) in [5.41, 5.74) is 0.800. The molecule has 17 heavy (non-hydrogen) atoms. The second-order valence-electron chi connectivity index (χ2n) is 3.58. The highest BCUT2D eigenvalue weighted by Gasteiger charge is 2.10. The Hall–Kier alpha value is -1.54. The Balaban J connectivity index is 2.54. The molecule has 1 heterocycles. The molecule has 4 nitrogen and oxygen atoms in total. The summed E-state index contributed by atoms with van der Waals surface area (Å²) in [5, 5.41) is 11.5. The topological polar surface area (TPSA) is 65.8 Å². The van der Waals surface area contributed by atoms with E-state index in [0.29, 0.717) is 11.3 Å². The Morgan fingerprint density at radius 2 is 2.41 bits per heavy atom. The van der Waals surface area contributed by atoms with Gasteiger partial charge in [-0.05, 0) is 24.8 Å². The van der Waals surface area contributed by atoms with Gasteiger partial charge in [-0.15, -0.1) is 0 Å². The molecule has 1 aromatic rings. The Kier molecular flexibility index (Phi) is 5.50. The van der Waals surface area contributed by atoms with Gasteiger partial charge in [0.05, 0.1) is 5.56 Å². The van der Waals surface area contributed by atoms with Crippen LogP contribution in [0.1, 0.15) is 29.9 Å². The maximum atomic E-state index is 11.8. The maximum Gasteiger partial charge on any atom is 0.270 e. The maximum absolute atomic E-state index is 11.8. The summed E-state index contributed by atoms with van der Waals surface area (Å²) in [7, 11) is 0. The Morgan fingerprint density at radius 3 is 2.94 bits per heavy atom. The van der Waals surface area contributed by atoms with E-state index in [9.17, 15) is 4.79 Å². The fourth-order valence-electron chi connectivity index (χ4n) is 1.23. The molecule has 1 unspecified atom stereocenters. The number of nitrogens with one attached hydrogen (secondary N) is 1. The number of carbonyl (C=O) groups excluding carboxylic acids is 1. The molecule has 0 bridgehead atoms. The zero-order chi connectivity index (χ0) is 12.7. The Labute approximate surface area is 105 Å². The van der Waals surface area contributed by atoms with Crippen molar-refractivity contribution in [2.45, 2.75) is 19.9 Å². The molecule has 0 aliphatic heterocycles. The first kappa shape index (κ1) is 13.5. The van der Waals surface area contributed by atoms with E-state index in [1.165, 1.54) is 6.20 Å². The molecule has 0 aromatic carbocycles. The van der Waals surface area contributed by atoms with Crippen LogP contribution in [0.2, 0.25) is 0 Å². The van der Waals surface area contributed by atoms with Crippen molar-refractivity contribution in [2.75, 3.05) is 11.5 Å². The molecule has 0 fully saturated rings. The molecule has 0 spiro atoms. The van der Waals surface area contributed by atoms with Crippen LogP contribution in [-0.2, 0) is 0 Å². The van der Waals surface area contributed by atoms with Gasteiger partial charge >= 0.3 is 0 Å². The summed E-state index contributed by atoms with van der Waals surface area (Å²) in [6, 6.07) is 5.23. The molecule has 1 rings (SSSR count). The number of hydrogen-bond acceptors (Lipinski definition) is 4. The third-order valence-electron chi connectivity index (χ3n) is 2.07. The van der Waals surface area contributed by atoms with E-state index in [1.54, 1.807) is 23.9 Å². The molecular weight excluding hydrogens is 234 g/mol. The molecule has 1 amide bonds. The number of rotatable bonds is 5. The molecule has 1 aromatic heterocycles. The smallest absolute Gasteiger partial charge is 0.270 e. The zero-order valence-corrected chi connectivity index (χ0v) is 10.8. The van der Waals surface area contributed by atoms with Crippen LogP contribution in [0.25, 0.3) is 0 Å². The van der Waals surface area contributed by atoms with Crippen LogP contribution in [0.15, 0.2) is 18.3 Å². The highest BCUT2D eigenvalue weighted by atomic mass is 32.2. The third-order valence-corrected chi connectivity index (χ3v) is 3.22. The quantitative estimate of drug-likeness (QED) is 0.864. The van der Waals surface area contributed by atoms with Crippen molar-refractivity contribution < 1.29 is 4.79 Å². The van der Waals surface area contributed by atoms with Crippen molar-refractivity contribution in [3.05, 3.63) is 29.6 Å². The Bertz CT molecular complexity index is 411. The van der Waals surface area contributed by atoms with Gasteiger partial charge in [0.15, 0.2) is 0 Å². The van der Waals surface area contributed by atoms with Crippen molar-refractivity contribution in [3.8, 4) is 6.07 Å². The van der Waals surface area contributed by atoms with Gasteiger partial charge in [-0.3, -0.25) is 4.79 Å². The Morgan fingerprint density at radius 1 is 1.65 bits per heavy atom. The van der Waals surface area contributed by atoms with Gasteiger partial charge in [-0.25, -0.2) is 4.98 Å². The van der Waals surface area contributed by atoms with Gasteiger partial charge in [0.2, 0.25) is 0 Å². The lowest BCUT2D eigenvalue weighted by Crippen LogP contribution is -2.34. The minimum atomic E-state index is -0.196. The molecule has 1 N–H and O–H groups in total. The average Bonchev–Trinajstić information content (AvgIpc) is 2.36. The fourth-order valence-corrected chi connectivity index (χ4v) is 1.90. The third kappa shape index (κ3) is 4.45. The van der Waals surface area contributed by atoms with Crippen LogP contribution < -0.4 is 5.32 Å². The molecule has 90 valence electrons. The SMILES string of the molecule is CCSCC(C)NC(=O)c1ccc(C#N)cn1. The zero-order valence-electron chi connectivity index (χ0n) is 9.93. The number of hydrogen-bond donors (Lipinski definition) is 1. The van der Waals surface area contributed by atoms with Crippen molar-refractivity contribution in [1.82, 2.24) is 10.3 Å². The summed E-state index contributed by atoms with van der Waals surface area (Å²) in [6.07, 6.45) is 1.40. The summed E-state index contributed by atoms with van der Waals surface area (Å²) in [6.45, 7) is 4.05. The van der Waals surface area contributed by atoms with Gasteiger partial charge in [0.1, 0.15) is 11.8 Å². The minimum absolute atomic E-state index is 0.116. The molecule has 5 heteroatoms. The lowest BCUT2D eigenvalue weighted by molar-refractivity contribution is 0.0939. The number of aromatic nitrogens is 1. The van der Waals surface area contributed by atoms with Crippen molar-refractivity contribution in [1.29, 1.82) is 5.26 Å². The molecule has 0 saturated heterocycles. The van der Waals surface area contributed by atoms with E-state index in [1.807, 2.05) is 13.0 Å². The predicted molar refractivity (Wildman–Crippen MR) is 68.9 cm³/mol. The average molecular weight is 249 g/mol. The van der Waals surface area contributed by atoms with E-state index < -0.39 is 0 Å². The number of pyridine rings is 1. The number of nitrogens with zero attached hydrogens (tertiary/aromatic N) is 2. The van der Waals surface area contributed by atoms with Crippen molar-refractivity contribution in [3.63, 3.8) is 0 Å². The normalized spacial score (nSPS) is 11.6. The first-order chi connectivity index (χ1) is 8.17. The van der Waals surface area contributed by atoms with E-state index in [4.69, 9.17) is 5.26 Å². The molecule has 1 atom stereocenters. The first-order valence-corrected chi connectivity index (χ1v) is 6.57. The number of thioether (sulfide) groups is 1. The van der Waals surface area contributed by atoms with Gasteiger partial charge in [-0.2, -0.15) is 17.0 Å². The standard InChI is InChI=1S/C12H15N3OS/c1-3-17-8-9(2)15-12(16)11-5-4-10(6-13)7-14-11/h4-5,7,9H,3,8H2,1-2H3,(H,15,16). The summed E-state index contributed by atoms with van der Waals surface area (Å²) >= 11 is 1.78. The van der Waals surface area contributed by atoms with E-state index in [-0.39, 0.29) is 11.9 Å². The number of nitriles is 1. The molecule has 0 saturated carbocycles. The summed E-state index contributed by atoms with van der Waals surface area (Å²) in [4.78, 5) is 15.7. The second kappa shape index (κ2) is 6.92. The van der Waals surface area contributed by atoms with Crippen molar-refractivity contribution >= 4 is 17.7 Å². The van der Waals surface area contributed by atoms with E-state index in [0.717, 1.165) is 11.5 Å². The van der Waals surface area contributed by atoms with Crippen LogP contribution in [0, 0.1) is 11.3 Å². The lowest BCUT2D eigenvalue weighted by Gasteiger charge is -2.12. The minimum Gasteiger partial charge on any atom is -0.347 e. The van der Waals surface area contributed by atoms with Crippen LogP contribution in [0.4, 0.5) is 0 Å². The molecule has 0 aliphatic carbocycles. The highest BCUT2D eigenvalue weighted by molar-refractivity contribution is 7.99. The van der Waals surface area contributed by atoms with Crippen LogP contribution in [-0.4, -0.2) is 28.4 Å². The molecular formula is C12H15N3OS. The van der Waals surface area contributed by atoms with Gasteiger partial charge < -0.3 is 5.32 Å². The van der Waals surface area contributed by atoms with Gasteiger partial charge in [0.25, 0.3) is 5.91 Å². The highest BCUT2D eigenvalue weighted by Crippen LogP contribution is 2.03.